The molecule has 5 rings (SSSR count). The first-order valence-corrected chi connectivity index (χ1v) is 10.8. The average molecular weight is 441 g/mol. The fourth-order valence-corrected chi connectivity index (χ4v) is 4.58. The summed E-state index contributed by atoms with van der Waals surface area (Å²) in [6, 6.07) is 20.7. The minimum atomic E-state index is -1.15. The number of alkyl carbamates (subject to hydrolysis) is 1. The number of H-pyrrole nitrogens is 1. The van der Waals surface area contributed by atoms with Crippen molar-refractivity contribution in [1.82, 2.24) is 15.5 Å². The summed E-state index contributed by atoms with van der Waals surface area (Å²) in [6.07, 6.45) is -0.691. The number of fused-ring (bicyclic) bond motifs is 4. The Labute approximate surface area is 190 Å². The molecule has 0 saturated carbocycles. The summed E-state index contributed by atoms with van der Waals surface area (Å²) >= 11 is 0. The zero-order valence-corrected chi connectivity index (χ0v) is 18.0. The second-order valence-electron chi connectivity index (χ2n) is 8.24. The van der Waals surface area contributed by atoms with Gasteiger partial charge in [0.2, 0.25) is 0 Å². The molecule has 4 aromatic rings. The number of rotatable bonds is 6. The molecule has 7 heteroatoms. The van der Waals surface area contributed by atoms with Gasteiger partial charge in [0.05, 0.1) is 5.52 Å². The van der Waals surface area contributed by atoms with Gasteiger partial charge in [-0.15, -0.1) is 0 Å². The molecule has 0 saturated heterocycles. The van der Waals surface area contributed by atoms with Gasteiger partial charge in [-0.25, -0.2) is 9.59 Å². The highest BCUT2D eigenvalue weighted by Gasteiger charge is 2.30. The van der Waals surface area contributed by atoms with E-state index in [-0.39, 0.29) is 18.9 Å². The van der Waals surface area contributed by atoms with Crippen molar-refractivity contribution in [3.8, 4) is 11.1 Å². The first kappa shape index (κ1) is 20.8. The van der Waals surface area contributed by atoms with Crippen molar-refractivity contribution in [2.75, 3.05) is 6.61 Å². The topological polar surface area (TPSA) is 104 Å². The highest BCUT2D eigenvalue weighted by molar-refractivity contribution is 5.86. The van der Waals surface area contributed by atoms with Crippen LogP contribution in [0.5, 0.6) is 0 Å². The molecule has 1 aliphatic carbocycles. The van der Waals surface area contributed by atoms with E-state index in [9.17, 15) is 14.7 Å². The molecular formula is C26H23N3O4. The molecule has 1 atom stereocenters. The number of aromatic amines is 1. The monoisotopic (exact) mass is 441 g/mol. The van der Waals surface area contributed by atoms with E-state index in [4.69, 9.17) is 4.74 Å². The molecule has 0 spiro atoms. The third-order valence-corrected chi connectivity index (χ3v) is 6.21. The number of para-hydroxylation sites is 1. The van der Waals surface area contributed by atoms with Gasteiger partial charge in [-0.2, -0.15) is 5.10 Å². The molecule has 0 radical (unpaired) electrons. The van der Waals surface area contributed by atoms with Crippen LogP contribution in [0.15, 0.2) is 66.7 Å². The molecule has 33 heavy (non-hydrogen) atoms. The highest BCUT2D eigenvalue weighted by atomic mass is 16.5. The Balaban J connectivity index is 1.29. The number of nitrogens with one attached hydrogen (secondary N) is 2. The Bertz CT molecular complexity index is 1320. The molecule has 1 amide bonds. The molecule has 0 bridgehead atoms. The SMILES string of the molecule is Cc1cccc2c(C[C@H](NC(=O)OCC3c4ccccc4-c4ccccc43)C(=O)O)[nH]nc12. The number of benzene rings is 3. The number of carboxylic acids is 1. The minimum Gasteiger partial charge on any atom is -0.480 e. The van der Waals surface area contributed by atoms with E-state index in [0.717, 1.165) is 38.7 Å². The Morgan fingerprint density at radius 3 is 2.36 bits per heavy atom. The van der Waals surface area contributed by atoms with E-state index < -0.39 is 18.1 Å². The van der Waals surface area contributed by atoms with Crippen LogP contribution in [0.2, 0.25) is 0 Å². The van der Waals surface area contributed by atoms with E-state index in [1.54, 1.807) is 0 Å². The Hall–Kier alpha value is -4.13. The van der Waals surface area contributed by atoms with Gasteiger partial charge in [0.1, 0.15) is 12.6 Å². The van der Waals surface area contributed by atoms with Gasteiger partial charge in [0, 0.05) is 23.4 Å². The van der Waals surface area contributed by atoms with E-state index >= 15 is 0 Å². The fraction of sp³-hybridized carbons (Fsp3) is 0.192. The Kier molecular flexibility index (Phi) is 5.30. The normalized spacial score (nSPS) is 13.4. The van der Waals surface area contributed by atoms with Crippen molar-refractivity contribution in [1.29, 1.82) is 0 Å². The molecule has 3 N–H and O–H groups in total. The number of aliphatic carboxylic acids is 1. The quantitative estimate of drug-likeness (QED) is 0.411. The largest absolute Gasteiger partial charge is 0.480 e. The summed E-state index contributed by atoms with van der Waals surface area (Å²) in [5.74, 6) is -1.23. The maximum absolute atomic E-state index is 12.6. The lowest BCUT2D eigenvalue weighted by Crippen LogP contribution is -2.43. The smallest absolute Gasteiger partial charge is 0.407 e. The van der Waals surface area contributed by atoms with Gasteiger partial charge in [-0.3, -0.25) is 5.10 Å². The summed E-state index contributed by atoms with van der Waals surface area (Å²) in [4.78, 5) is 24.4. The van der Waals surface area contributed by atoms with Crippen LogP contribution in [0.4, 0.5) is 4.79 Å². The number of ether oxygens (including phenoxy) is 1. The van der Waals surface area contributed by atoms with Crippen LogP contribution in [0.1, 0.15) is 28.3 Å². The van der Waals surface area contributed by atoms with E-state index in [2.05, 4.69) is 27.6 Å². The molecule has 3 aromatic carbocycles. The molecule has 7 nitrogen and oxygen atoms in total. The van der Waals surface area contributed by atoms with Crippen molar-refractivity contribution in [3.05, 3.63) is 89.1 Å². The zero-order valence-electron chi connectivity index (χ0n) is 18.0. The number of aromatic nitrogens is 2. The Morgan fingerprint density at radius 2 is 1.70 bits per heavy atom. The number of hydrogen-bond donors (Lipinski definition) is 3. The number of carbonyl (C=O) groups is 2. The molecule has 1 aromatic heterocycles. The summed E-state index contributed by atoms with van der Waals surface area (Å²) in [5.41, 5.74) is 6.89. The van der Waals surface area contributed by atoms with Crippen LogP contribution >= 0.6 is 0 Å². The maximum atomic E-state index is 12.6. The molecule has 0 unspecified atom stereocenters. The number of hydrogen-bond acceptors (Lipinski definition) is 4. The molecule has 0 aliphatic heterocycles. The van der Waals surface area contributed by atoms with Crippen molar-refractivity contribution < 1.29 is 19.4 Å². The van der Waals surface area contributed by atoms with Crippen molar-refractivity contribution in [3.63, 3.8) is 0 Å². The second-order valence-corrected chi connectivity index (χ2v) is 8.24. The van der Waals surface area contributed by atoms with Crippen LogP contribution in [0.3, 0.4) is 0 Å². The zero-order chi connectivity index (χ0) is 22.9. The first-order valence-electron chi connectivity index (χ1n) is 10.8. The number of carbonyl (C=O) groups excluding carboxylic acids is 1. The molecule has 1 heterocycles. The lowest BCUT2D eigenvalue weighted by Gasteiger charge is -2.17. The summed E-state index contributed by atoms with van der Waals surface area (Å²) in [7, 11) is 0. The van der Waals surface area contributed by atoms with Gasteiger partial charge in [0.15, 0.2) is 0 Å². The van der Waals surface area contributed by atoms with Gasteiger partial charge >= 0.3 is 12.1 Å². The van der Waals surface area contributed by atoms with Gasteiger partial charge in [0.25, 0.3) is 0 Å². The lowest BCUT2D eigenvalue weighted by atomic mass is 9.98. The van der Waals surface area contributed by atoms with E-state index in [1.807, 2.05) is 61.5 Å². The summed E-state index contributed by atoms with van der Waals surface area (Å²) in [6.45, 7) is 2.06. The molecule has 1 aliphatic rings. The molecular weight excluding hydrogens is 418 g/mol. The van der Waals surface area contributed by atoms with Gasteiger partial charge < -0.3 is 15.2 Å². The van der Waals surface area contributed by atoms with Crippen molar-refractivity contribution in [2.45, 2.75) is 25.3 Å². The van der Waals surface area contributed by atoms with Crippen LogP contribution in [0.25, 0.3) is 22.0 Å². The second kappa shape index (κ2) is 8.43. The van der Waals surface area contributed by atoms with Crippen LogP contribution in [0, 0.1) is 6.92 Å². The Morgan fingerprint density at radius 1 is 1.03 bits per heavy atom. The number of aryl methyl sites for hydroxylation is 1. The third kappa shape index (κ3) is 3.82. The summed E-state index contributed by atoms with van der Waals surface area (Å²) < 4.78 is 5.51. The first-order chi connectivity index (χ1) is 16.0. The minimum absolute atomic E-state index is 0.0689. The number of nitrogens with zero attached hydrogens (tertiary/aromatic N) is 1. The van der Waals surface area contributed by atoms with Crippen molar-refractivity contribution in [2.24, 2.45) is 0 Å². The maximum Gasteiger partial charge on any atom is 0.407 e. The van der Waals surface area contributed by atoms with Crippen LogP contribution < -0.4 is 5.32 Å². The number of carboxylic acid groups (broad SMARTS) is 1. The highest BCUT2D eigenvalue weighted by Crippen LogP contribution is 2.44. The average Bonchev–Trinajstić information content (AvgIpc) is 3.37. The van der Waals surface area contributed by atoms with E-state index in [1.165, 1.54) is 0 Å². The summed E-state index contributed by atoms with van der Waals surface area (Å²) in [5, 5.41) is 20.2. The van der Waals surface area contributed by atoms with Crippen molar-refractivity contribution >= 4 is 23.0 Å². The number of amides is 1. The standard InChI is InChI=1S/C26H23N3O4/c1-15-7-6-12-20-22(28-29-24(15)20)13-23(25(30)31)27-26(32)33-14-21-18-10-4-2-8-16(18)17-9-3-5-11-19(17)21/h2-12,21,23H,13-14H2,1H3,(H,27,32)(H,28,29)(H,30,31)/t23-/m0/s1. The predicted molar refractivity (Wildman–Crippen MR) is 124 cm³/mol. The van der Waals surface area contributed by atoms with E-state index in [0.29, 0.717) is 5.69 Å². The van der Waals surface area contributed by atoms with Gasteiger partial charge in [-0.1, -0.05) is 66.7 Å². The molecule has 0 fully saturated rings. The third-order valence-electron chi connectivity index (χ3n) is 6.21. The fourth-order valence-electron chi connectivity index (χ4n) is 4.58. The predicted octanol–water partition coefficient (Wildman–Crippen LogP) is 4.41. The van der Waals surface area contributed by atoms with Gasteiger partial charge in [-0.05, 0) is 34.7 Å². The molecule has 166 valence electrons. The van der Waals surface area contributed by atoms with Crippen LogP contribution in [-0.2, 0) is 16.0 Å². The van der Waals surface area contributed by atoms with Crippen LogP contribution in [-0.4, -0.2) is 40.0 Å². The lowest BCUT2D eigenvalue weighted by molar-refractivity contribution is -0.139.